The average molecular weight is 435 g/mol. The molecule has 4 bridgehead atoms. The van der Waals surface area contributed by atoms with Crippen LogP contribution in [0.2, 0.25) is 0 Å². The Morgan fingerprint density at radius 1 is 1.09 bits per heavy atom. The zero-order valence-corrected chi connectivity index (χ0v) is 19.4. The molecule has 2 aromatic rings. The summed E-state index contributed by atoms with van der Waals surface area (Å²) in [6.07, 6.45) is 6.32. The predicted octanol–water partition coefficient (Wildman–Crippen LogP) is 4.05. The smallest absolute Gasteiger partial charge is 0.268 e. The topological polar surface area (TPSA) is 71.3 Å². The molecule has 1 amide bonds. The first-order valence-electron chi connectivity index (χ1n) is 12.2. The molecule has 1 aromatic heterocycles. The van der Waals surface area contributed by atoms with E-state index in [9.17, 15) is 14.7 Å². The SMILES string of the molecule is CCc1cccc(C(=O)c2cc(CC)c(C(=O)NC3C4CC5CC3CC(O)(C5)C4)n2C)c1. The minimum atomic E-state index is -0.510. The van der Waals surface area contributed by atoms with Gasteiger partial charge in [-0.15, -0.1) is 0 Å². The van der Waals surface area contributed by atoms with Gasteiger partial charge in [-0.05, 0) is 86.0 Å². The second-order valence-corrected chi connectivity index (χ2v) is 10.4. The molecule has 6 rings (SSSR count). The van der Waals surface area contributed by atoms with Gasteiger partial charge in [0.2, 0.25) is 5.78 Å². The highest BCUT2D eigenvalue weighted by molar-refractivity contribution is 6.09. The van der Waals surface area contributed by atoms with Crippen LogP contribution in [0.3, 0.4) is 0 Å². The van der Waals surface area contributed by atoms with Crippen molar-refractivity contribution in [2.75, 3.05) is 0 Å². The summed E-state index contributed by atoms with van der Waals surface area (Å²) < 4.78 is 1.78. The van der Waals surface area contributed by atoms with Crippen LogP contribution in [0.4, 0.5) is 0 Å². The molecule has 1 heterocycles. The first-order chi connectivity index (χ1) is 15.3. The number of carbonyl (C=O) groups excluding carboxylic acids is 2. The van der Waals surface area contributed by atoms with Crippen molar-refractivity contribution in [2.24, 2.45) is 24.8 Å². The number of benzene rings is 1. The summed E-state index contributed by atoms with van der Waals surface area (Å²) in [5.74, 6) is 1.19. The highest BCUT2D eigenvalue weighted by Crippen LogP contribution is 2.55. The Hall–Kier alpha value is -2.40. The lowest BCUT2D eigenvalue weighted by Crippen LogP contribution is -2.61. The highest BCUT2D eigenvalue weighted by Gasteiger charge is 2.55. The van der Waals surface area contributed by atoms with E-state index in [2.05, 4.69) is 12.2 Å². The fourth-order valence-corrected chi connectivity index (χ4v) is 6.97. The van der Waals surface area contributed by atoms with Gasteiger partial charge in [0.05, 0.1) is 11.3 Å². The molecule has 0 spiro atoms. The van der Waals surface area contributed by atoms with E-state index in [0.29, 0.717) is 41.1 Å². The molecule has 0 radical (unpaired) electrons. The molecule has 0 aliphatic heterocycles. The van der Waals surface area contributed by atoms with E-state index < -0.39 is 5.60 Å². The van der Waals surface area contributed by atoms with Gasteiger partial charge in [-0.25, -0.2) is 0 Å². The van der Waals surface area contributed by atoms with E-state index in [1.165, 1.54) is 0 Å². The molecule has 2 N–H and O–H groups in total. The normalized spacial score (nSPS) is 30.5. The third kappa shape index (κ3) is 3.51. The van der Waals surface area contributed by atoms with Crippen molar-refractivity contribution >= 4 is 11.7 Å². The number of hydrogen-bond acceptors (Lipinski definition) is 3. The van der Waals surface area contributed by atoms with E-state index in [1.807, 2.05) is 44.3 Å². The number of ketones is 1. The Labute approximate surface area is 190 Å². The summed E-state index contributed by atoms with van der Waals surface area (Å²) in [6, 6.07) is 9.75. The molecule has 5 nitrogen and oxygen atoms in total. The van der Waals surface area contributed by atoms with Gasteiger partial charge in [-0.1, -0.05) is 32.0 Å². The van der Waals surface area contributed by atoms with Crippen molar-refractivity contribution in [3.8, 4) is 0 Å². The Morgan fingerprint density at radius 3 is 2.44 bits per heavy atom. The molecule has 32 heavy (non-hydrogen) atoms. The van der Waals surface area contributed by atoms with E-state index in [-0.39, 0.29) is 17.7 Å². The number of aliphatic hydroxyl groups is 1. The van der Waals surface area contributed by atoms with Crippen molar-refractivity contribution in [1.82, 2.24) is 9.88 Å². The number of carbonyl (C=O) groups is 2. The van der Waals surface area contributed by atoms with Crippen LogP contribution in [-0.2, 0) is 19.9 Å². The van der Waals surface area contributed by atoms with Crippen molar-refractivity contribution in [3.63, 3.8) is 0 Å². The zero-order valence-electron chi connectivity index (χ0n) is 19.4. The van der Waals surface area contributed by atoms with E-state index in [1.54, 1.807) is 4.57 Å². The number of aryl methyl sites for hydroxylation is 2. The first kappa shape index (κ1) is 21.4. The number of nitrogens with one attached hydrogen (secondary N) is 1. The predicted molar refractivity (Wildman–Crippen MR) is 124 cm³/mol. The van der Waals surface area contributed by atoms with Gasteiger partial charge < -0.3 is 15.0 Å². The fourth-order valence-electron chi connectivity index (χ4n) is 6.97. The lowest BCUT2D eigenvalue weighted by molar-refractivity contribution is -0.137. The minimum Gasteiger partial charge on any atom is -0.390 e. The van der Waals surface area contributed by atoms with Crippen LogP contribution in [0, 0.1) is 17.8 Å². The van der Waals surface area contributed by atoms with Gasteiger partial charge in [-0.3, -0.25) is 9.59 Å². The van der Waals surface area contributed by atoms with Gasteiger partial charge >= 0.3 is 0 Å². The Balaban J connectivity index is 1.41. The van der Waals surface area contributed by atoms with Crippen LogP contribution in [0.5, 0.6) is 0 Å². The minimum absolute atomic E-state index is 0.0478. The van der Waals surface area contributed by atoms with Crippen LogP contribution in [0.25, 0.3) is 0 Å². The molecule has 5 heteroatoms. The molecule has 4 fully saturated rings. The van der Waals surface area contributed by atoms with Crippen molar-refractivity contribution in [2.45, 2.75) is 70.4 Å². The molecular weight excluding hydrogens is 400 g/mol. The molecule has 4 saturated carbocycles. The number of amides is 1. The monoisotopic (exact) mass is 434 g/mol. The molecule has 0 saturated heterocycles. The molecule has 4 aliphatic carbocycles. The lowest BCUT2D eigenvalue weighted by atomic mass is 9.52. The van der Waals surface area contributed by atoms with Gasteiger partial charge in [-0.2, -0.15) is 0 Å². The quantitative estimate of drug-likeness (QED) is 0.674. The second kappa shape index (κ2) is 7.87. The average Bonchev–Trinajstić information content (AvgIpc) is 3.10. The summed E-state index contributed by atoms with van der Waals surface area (Å²) in [7, 11) is 1.82. The van der Waals surface area contributed by atoms with Crippen LogP contribution in [0.15, 0.2) is 30.3 Å². The van der Waals surface area contributed by atoms with Gasteiger partial charge in [0.1, 0.15) is 5.69 Å². The number of rotatable bonds is 6. The van der Waals surface area contributed by atoms with Gasteiger partial charge in [0, 0.05) is 18.7 Å². The Kier molecular flexibility index (Phi) is 5.28. The third-order valence-corrected chi connectivity index (χ3v) is 8.28. The van der Waals surface area contributed by atoms with E-state index in [4.69, 9.17) is 0 Å². The zero-order chi connectivity index (χ0) is 22.6. The summed E-state index contributed by atoms with van der Waals surface area (Å²) in [5.41, 5.74) is 3.33. The van der Waals surface area contributed by atoms with Crippen LogP contribution in [0.1, 0.15) is 83.6 Å². The standard InChI is InChI=1S/C27H34N2O3/c1-4-16-7-6-8-19(9-16)25(30)22-12-18(5-2)24(29(22)3)26(31)28-23-20-10-17-11-21(23)15-27(32,13-17)14-20/h6-9,12,17,20-21,23,32H,4-5,10-11,13-15H2,1-3H3,(H,28,31). The Morgan fingerprint density at radius 2 is 1.81 bits per heavy atom. The fraction of sp³-hybridized carbons (Fsp3) is 0.556. The maximum atomic E-state index is 13.5. The Bertz CT molecular complexity index is 1050. The summed E-state index contributed by atoms with van der Waals surface area (Å²) in [6.45, 7) is 4.10. The molecule has 2 unspecified atom stereocenters. The summed E-state index contributed by atoms with van der Waals surface area (Å²) in [5, 5.41) is 14.2. The summed E-state index contributed by atoms with van der Waals surface area (Å²) >= 11 is 0. The molecular formula is C27H34N2O3. The second-order valence-electron chi connectivity index (χ2n) is 10.4. The number of nitrogens with zero attached hydrogens (tertiary/aromatic N) is 1. The molecule has 2 atom stereocenters. The van der Waals surface area contributed by atoms with Crippen LogP contribution in [-0.4, -0.2) is 33.0 Å². The van der Waals surface area contributed by atoms with Crippen molar-refractivity contribution in [3.05, 3.63) is 58.4 Å². The van der Waals surface area contributed by atoms with Gasteiger partial charge in [0.15, 0.2) is 0 Å². The highest BCUT2D eigenvalue weighted by atomic mass is 16.3. The van der Waals surface area contributed by atoms with Crippen LogP contribution >= 0.6 is 0 Å². The summed E-state index contributed by atoms with van der Waals surface area (Å²) in [4.78, 5) is 26.8. The maximum Gasteiger partial charge on any atom is 0.268 e. The first-order valence-corrected chi connectivity index (χ1v) is 12.2. The van der Waals surface area contributed by atoms with Gasteiger partial charge in [0.25, 0.3) is 5.91 Å². The lowest BCUT2D eigenvalue weighted by Gasteiger charge is -2.58. The number of hydrogen-bond donors (Lipinski definition) is 2. The van der Waals surface area contributed by atoms with Crippen LogP contribution < -0.4 is 5.32 Å². The largest absolute Gasteiger partial charge is 0.390 e. The molecule has 4 aliphatic rings. The van der Waals surface area contributed by atoms with Crippen molar-refractivity contribution < 1.29 is 14.7 Å². The maximum absolute atomic E-state index is 13.5. The van der Waals surface area contributed by atoms with E-state index in [0.717, 1.165) is 49.7 Å². The van der Waals surface area contributed by atoms with E-state index >= 15 is 0 Å². The van der Waals surface area contributed by atoms with Crippen molar-refractivity contribution in [1.29, 1.82) is 0 Å². The molecule has 170 valence electrons. The third-order valence-electron chi connectivity index (χ3n) is 8.28. The number of aromatic nitrogens is 1. The molecule has 1 aromatic carbocycles.